The second-order valence-electron chi connectivity index (χ2n) is 7.14. The van der Waals surface area contributed by atoms with Gasteiger partial charge in [-0.1, -0.05) is 30.3 Å². The largest absolute Gasteiger partial charge is 0.395 e. The Morgan fingerprint density at radius 3 is 2.64 bits per heavy atom. The van der Waals surface area contributed by atoms with Gasteiger partial charge in [-0.25, -0.2) is 4.79 Å². The Labute approximate surface area is 161 Å². The van der Waals surface area contributed by atoms with Crippen LogP contribution >= 0.6 is 0 Å². The van der Waals surface area contributed by atoms with E-state index in [-0.39, 0.29) is 18.2 Å². The molecule has 2 N–H and O–H groups in total. The monoisotopic (exact) mass is 384 g/mol. The van der Waals surface area contributed by atoms with E-state index in [0.29, 0.717) is 43.3 Å². The molecule has 28 heavy (non-hydrogen) atoms. The summed E-state index contributed by atoms with van der Waals surface area (Å²) in [5.41, 5.74) is 1.05. The molecule has 0 amide bonds. The first-order chi connectivity index (χ1) is 13.5. The van der Waals surface area contributed by atoms with E-state index in [4.69, 9.17) is 4.98 Å². The van der Waals surface area contributed by atoms with Crippen molar-refractivity contribution in [2.45, 2.75) is 12.6 Å². The molecule has 9 nitrogen and oxygen atoms in total. The number of anilines is 1. The quantitative estimate of drug-likeness (QED) is 0.615. The Balaban J connectivity index is 1.94. The lowest BCUT2D eigenvalue weighted by atomic mass is 10.2. The zero-order chi connectivity index (χ0) is 19.8. The van der Waals surface area contributed by atoms with E-state index in [2.05, 4.69) is 10.2 Å². The number of hydrogen-bond donors (Lipinski definition) is 2. The minimum atomic E-state index is -0.401. The van der Waals surface area contributed by atoms with Gasteiger partial charge in [0.2, 0.25) is 5.95 Å². The Bertz CT molecular complexity index is 1110. The fraction of sp³-hybridized carbons (Fsp3) is 0.421. The molecule has 148 valence electrons. The number of aryl methyl sites for hydroxylation is 1. The van der Waals surface area contributed by atoms with Gasteiger partial charge in [-0.2, -0.15) is 4.98 Å². The molecule has 1 aromatic carbocycles. The van der Waals surface area contributed by atoms with E-state index in [0.717, 1.165) is 10.1 Å². The molecule has 2 aromatic heterocycles. The summed E-state index contributed by atoms with van der Waals surface area (Å²) < 4.78 is 4.41. The average Bonchev–Trinajstić information content (AvgIpc) is 3.11. The number of rotatable bonds is 4. The summed E-state index contributed by atoms with van der Waals surface area (Å²) >= 11 is 0. The van der Waals surface area contributed by atoms with Crippen molar-refractivity contribution in [2.24, 2.45) is 14.1 Å². The molecule has 1 unspecified atom stereocenters. The van der Waals surface area contributed by atoms with Gasteiger partial charge in [0, 0.05) is 39.8 Å². The van der Waals surface area contributed by atoms with Gasteiger partial charge in [0.1, 0.15) is 0 Å². The molecule has 1 saturated heterocycles. The average molecular weight is 384 g/mol. The van der Waals surface area contributed by atoms with E-state index in [1.807, 2.05) is 34.9 Å². The van der Waals surface area contributed by atoms with Crippen LogP contribution in [0, 0.1) is 0 Å². The normalized spacial score (nSPS) is 17.4. The maximum Gasteiger partial charge on any atom is 0.332 e. The lowest BCUT2D eigenvalue weighted by molar-refractivity contribution is 0.235. The van der Waals surface area contributed by atoms with Crippen LogP contribution in [0.2, 0.25) is 0 Å². The number of aliphatic hydroxyl groups is 1. The van der Waals surface area contributed by atoms with Gasteiger partial charge >= 0.3 is 5.69 Å². The fourth-order valence-corrected chi connectivity index (χ4v) is 3.72. The van der Waals surface area contributed by atoms with E-state index < -0.39 is 5.69 Å². The first-order valence-electron chi connectivity index (χ1n) is 9.30. The van der Waals surface area contributed by atoms with Gasteiger partial charge in [-0.3, -0.25) is 18.5 Å². The maximum atomic E-state index is 12.9. The molecule has 1 fully saturated rings. The van der Waals surface area contributed by atoms with Crippen LogP contribution in [0.5, 0.6) is 0 Å². The van der Waals surface area contributed by atoms with E-state index >= 15 is 0 Å². The highest BCUT2D eigenvalue weighted by Crippen LogP contribution is 2.22. The standard InChI is InChI=1S/C19H24N6O3/c1-22-16-15(17(27)23(2)19(22)28)25(10-13-6-4-3-5-7-13)18(21-16)24-9-8-20-14(11-24)12-26/h3-7,14,20,26H,8-12H2,1-2H3. The van der Waals surface area contributed by atoms with Crippen molar-refractivity contribution in [1.82, 2.24) is 24.0 Å². The summed E-state index contributed by atoms with van der Waals surface area (Å²) in [5.74, 6) is 0.636. The molecular weight excluding hydrogens is 360 g/mol. The summed E-state index contributed by atoms with van der Waals surface area (Å²) in [6, 6.07) is 9.78. The third-order valence-corrected chi connectivity index (χ3v) is 5.27. The van der Waals surface area contributed by atoms with Gasteiger partial charge in [-0.05, 0) is 5.56 Å². The first kappa shape index (κ1) is 18.5. The first-order valence-corrected chi connectivity index (χ1v) is 9.30. The topological polar surface area (TPSA) is 97.3 Å². The van der Waals surface area contributed by atoms with Crippen LogP contribution in [0.25, 0.3) is 11.2 Å². The smallest absolute Gasteiger partial charge is 0.332 e. The Morgan fingerprint density at radius 2 is 1.93 bits per heavy atom. The highest BCUT2D eigenvalue weighted by atomic mass is 16.3. The van der Waals surface area contributed by atoms with Crippen LogP contribution in [-0.2, 0) is 20.6 Å². The minimum absolute atomic E-state index is 0.0235. The van der Waals surface area contributed by atoms with Crippen molar-refractivity contribution in [3.63, 3.8) is 0 Å². The molecule has 0 spiro atoms. The van der Waals surface area contributed by atoms with Crippen molar-refractivity contribution in [1.29, 1.82) is 0 Å². The SMILES string of the molecule is Cn1c(=O)c2c(nc(N3CCNC(CO)C3)n2Cc2ccccc2)n(C)c1=O. The van der Waals surface area contributed by atoms with Crippen LogP contribution in [0.3, 0.4) is 0 Å². The molecule has 0 bridgehead atoms. The number of piperazine rings is 1. The highest BCUT2D eigenvalue weighted by Gasteiger charge is 2.26. The minimum Gasteiger partial charge on any atom is -0.395 e. The highest BCUT2D eigenvalue weighted by molar-refractivity contribution is 5.75. The zero-order valence-corrected chi connectivity index (χ0v) is 16.0. The number of aromatic nitrogens is 4. The predicted molar refractivity (Wildman–Crippen MR) is 107 cm³/mol. The van der Waals surface area contributed by atoms with Crippen molar-refractivity contribution in [3.05, 3.63) is 56.7 Å². The number of benzene rings is 1. The number of aliphatic hydroxyl groups excluding tert-OH is 1. The zero-order valence-electron chi connectivity index (χ0n) is 16.0. The van der Waals surface area contributed by atoms with Crippen LogP contribution in [0.4, 0.5) is 5.95 Å². The van der Waals surface area contributed by atoms with Gasteiger partial charge in [0.25, 0.3) is 5.56 Å². The molecular formula is C19H24N6O3. The third kappa shape index (κ3) is 3.02. The van der Waals surface area contributed by atoms with Gasteiger partial charge in [0.05, 0.1) is 13.2 Å². The van der Waals surface area contributed by atoms with Crippen LogP contribution in [0.15, 0.2) is 39.9 Å². The summed E-state index contributed by atoms with van der Waals surface area (Å²) in [5, 5.41) is 12.8. The number of hydrogen-bond acceptors (Lipinski definition) is 6. The van der Waals surface area contributed by atoms with Crippen molar-refractivity contribution < 1.29 is 5.11 Å². The molecule has 0 saturated carbocycles. The predicted octanol–water partition coefficient (Wildman–Crippen LogP) is -0.747. The Morgan fingerprint density at radius 1 is 1.18 bits per heavy atom. The van der Waals surface area contributed by atoms with E-state index in [1.54, 1.807) is 7.05 Å². The number of imidazole rings is 1. The van der Waals surface area contributed by atoms with Gasteiger partial charge in [-0.15, -0.1) is 0 Å². The van der Waals surface area contributed by atoms with E-state index in [9.17, 15) is 14.7 Å². The molecule has 4 rings (SSSR count). The summed E-state index contributed by atoms with van der Waals surface area (Å²) in [7, 11) is 3.11. The third-order valence-electron chi connectivity index (χ3n) is 5.27. The van der Waals surface area contributed by atoms with E-state index in [1.165, 1.54) is 11.6 Å². The van der Waals surface area contributed by atoms with Gasteiger partial charge < -0.3 is 15.3 Å². The Hall–Kier alpha value is -2.91. The van der Waals surface area contributed by atoms with Crippen LogP contribution in [0.1, 0.15) is 5.56 Å². The summed E-state index contributed by atoms with van der Waals surface area (Å²) in [4.78, 5) is 32.1. The second-order valence-corrected chi connectivity index (χ2v) is 7.14. The Kier molecular flexibility index (Phi) is 4.78. The molecule has 3 aromatic rings. The molecule has 0 aliphatic carbocycles. The molecule has 1 atom stereocenters. The summed E-state index contributed by atoms with van der Waals surface area (Å²) in [6.07, 6.45) is 0. The number of fused-ring (bicyclic) bond motifs is 1. The van der Waals surface area contributed by atoms with Crippen molar-refractivity contribution in [3.8, 4) is 0 Å². The molecule has 9 heteroatoms. The van der Waals surface area contributed by atoms with Crippen LogP contribution < -0.4 is 21.5 Å². The molecule has 1 aliphatic rings. The summed E-state index contributed by atoms with van der Waals surface area (Å²) in [6.45, 7) is 2.46. The van der Waals surface area contributed by atoms with Gasteiger partial charge in [0.15, 0.2) is 11.2 Å². The molecule has 0 radical (unpaired) electrons. The second kappa shape index (κ2) is 7.25. The fourth-order valence-electron chi connectivity index (χ4n) is 3.72. The molecule has 1 aliphatic heterocycles. The number of nitrogens with one attached hydrogen (secondary N) is 1. The van der Waals surface area contributed by atoms with Crippen LogP contribution in [-0.4, -0.2) is 56.1 Å². The maximum absolute atomic E-state index is 12.9. The number of nitrogens with zero attached hydrogens (tertiary/aromatic N) is 5. The van der Waals surface area contributed by atoms with Crippen molar-refractivity contribution >= 4 is 17.1 Å². The van der Waals surface area contributed by atoms with Crippen molar-refractivity contribution in [2.75, 3.05) is 31.1 Å². The molecule has 3 heterocycles. The lowest BCUT2D eigenvalue weighted by Gasteiger charge is -2.33. The lowest BCUT2D eigenvalue weighted by Crippen LogP contribution is -2.53.